The Hall–Kier alpha value is -1.06. The fourth-order valence-electron chi connectivity index (χ4n) is 2.55. The molecule has 112 valence electrons. The third-order valence-electron chi connectivity index (χ3n) is 3.70. The lowest BCUT2D eigenvalue weighted by Crippen LogP contribution is -2.35. The molecule has 1 aromatic carbocycles. The van der Waals surface area contributed by atoms with Crippen molar-refractivity contribution >= 4 is 0 Å². The summed E-state index contributed by atoms with van der Waals surface area (Å²) in [4.78, 5) is 0. The second-order valence-corrected chi connectivity index (χ2v) is 5.82. The van der Waals surface area contributed by atoms with Gasteiger partial charge in [0.1, 0.15) is 5.75 Å². The van der Waals surface area contributed by atoms with Crippen molar-refractivity contribution in [2.45, 2.75) is 51.9 Å². The lowest BCUT2D eigenvalue weighted by Gasteiger charge is -2.30. The van der Waals surface area contributed by atoms with E-state index in [2.05, 4.69) is 44.3 Å². The van der Waals surface area contributed by atoms with Crippen molar-refractivity contribution in [1.82, 2.24) is 5.32 Å². The first-order valence-corrected chi connectivity index (χ1v) is 7.71. The molecule has 0 radical (unpaired) electrons. The lowest BCUT2D eigenvalue weighted by atomic mass is 9.93. The van der Waals surface area contributed by atoms with Gasteiger partial charge in [0.15, 0.2) is 0 Å². The van der Waals surface area contributed by atoms with E-state index in [1.165, 1.54) is 18.4 Å². The molecule has 0 aromatic heterocycles. The average Bonchev–Trinajstić information content (AvgIpc) is 3.23. The molecule has 2 atom stereocenters. The smallest absolute Gasteiger partial charge is 0.120 e. The maximum Gasteiger partial charge on any atom is 0.120 e. The molecule has 1 saturated carbocycles. The molecule has 1 aliphatic carbocycles. The Balaban J connectivity index is 2.15. The van der Waals surface area contributed by atoms with Crippen LogP contribution in [-0.4, -0.2) is 25.9 Å². The Kier molecular flexibility index (Phi) is 5.44. The molecule has 0 aliphatic heterocycles. The number of hydrogen-bond donors (Lipinski definition) is 1. The van der Waals surface area contributed by atoms with E-state index in [0.29, 0.717) is 12.0 Å². The van der Waals surface area contributed by atoms with Crippen LogP contribution in [0.1, 0.15) is 45.2 Å². The lowest BCUT2D eigenvalue weighted by molar-refractivity contribution is 0.00456. The fourth-order valence-corrected chi connectivity index (χ4v) is 2.55. The topological polar surface area (TPSA) is 30.5 Å². The number of ether oxygens (including phenoxy) is 2. The van der Waals surface area contributed by atoms with Gasteiger partial charge in [-0.15, -0.1) is 0 Å². The van der Waals surface area contributed by atoms with Crippen LogP contribution in [0.2, 0.25) is 0 Å². The summed E-state index contributed by atoms with van der Waals surface area (Å²) in [6.07, 6.45) is 2.98. The van der Waals surface area contributed by atoms with Gasteiger partial charge in [-0.05, 0) is 50.4 Å². The van der Waals surface area contributed by atoms with Gasteiger partial charge in [0.2, 0.25) is 0 Å². The van der Waals surface area contributed by atoms with Crippen molar-refractivity contribution in [1.29, 1.82) is 0 Å². The predicted molar refractivity (Wildman–Crippen MR) is 82.1 cm³/mol. The van der Waals surface area contributed by atoms with Crippen LogP contribution in [0.15, 0.2) is 24.3 Å². The molecule has 0 heterocycles. The maximum atomic E-state index is 5.94. The second-order valence-electron chi connectivity index (χ2n) is 5.82. The van der Waals surface area contributed by atoms with Gasteiger partial charge in [-0.3, -0.25) is 0 Å². The average molecular weight is 277 g/mol. The van der Waals surface area contributed by atoms with Gasteiger partial charge >= 0.3 is 0 Å². The van der Waals surface area contributed by atoms with E-state index < -0.39 is 0 Å². The van der Waals surface area contributed by atoms with Gasteiger partial charge in [0, 0.05) is 6.61 Å². The van der Waals surface area contributed by atoms with E-state index >= 15 is 0 Å². The van der Waals surface area contributed by atoms with E-state index in [-0.39, 0.29) is 12.1 Å². The Morgan fingerprint density at radius 1 is 1.30 bits per heavy atom. The summed E-state index contributed by atoms with van der Waals surface area (Å²) >= 11 is 0. The minimum Gasteiger partial charge on any atom is -0.490 e. The molecule has 20 heavy (non-hydrogen) atoms. The SMILES string of the molecule is CCOC(C(C)C)C(NC)c1cccc(OC2CC2)c1. The molecule has 0 amide bonds. The molecule has 0 bridgehead atoms. The summed E-state index contributed by atoms with van der Waals surface area (Å²) in [6, 6.07) is 8.60. The molecule has 3 nitrogen and oxygen atoms in total. The molecule has 1 aromatic rings. The van der Waals surface area contributed by atoms with Crippen LogP contribution in [0.25, 0.3) is 0 Å². The molecule has 3 heteroatoms. The minimum atomic E-state index is 0.168. The molecular formula is C17H27NO2. The highest BCUT2D eigenvalue weighted by atomic mass is 16.5. The zero-order chi connectivity index (χ0) is 14.5. The van der Waals surface area contributed by atoms with Crippen LogP contribution in [0.4, 0.5) is 0 Å². The molecule has 2 rings (SSSR count). The number of benzene rings is 1. The molecule has 1 aliphatic rings. The predicted octanol–water partition coefficient (Wildman–Crippen LogP) is 3.55. The third kappa shape index (κ3) is 3.97. The van der Waals surface area contributed by atoms with Crippen molar-refractivity contribution in [2.75, 3.05) is 13.7 Å². The quantitative estimate of drug-likeness (QED) is 0.788. The van der Waals surface area contributed by atoms with Crippen molar-refractivity contribution in [3.8, 4) is 5.75 Å². The van der Waals surface area contributed by atoms with Crippen molar-refractivity contribution in [3.05, 3.63) is 29.8 Å². The highest BCUT2D eigenvalue weighted by molar-refractivity contribution is 5.31. The zero-order valence-corrected chi connectivity index (χ0v) is 13.1. The first-order valence-electron chi connectivity index (χ1n) is 7.71. The van der Waals surface area contributed by atoms with Gasteiger partial charge in [-0.2, -0.15) is 0 Å². The molecule has 0 spiro atoms. The molecule has 1 fully saturated rings. The van der Waals surface area contributed by atoms with Gasteiger partial charge in [-0.1, -0.05) is 26.0 Å². The van der Waals surface area contributed by atoms with E-state index in [0.717, 1.165) is 12.4 Å². The van der Waals surface area contributed by atoms with Crippen LogP contribution in [0.3, 0.4) is 0 Å². The standard InChI is InChI=1S/C17H27NO2/c1-5-19-17(12(2)3)16(18-4)13-7-6-8-15(11-13)20-14-9-10-14/h6-8,11-12,14,16-18H,5,9-10H2,1-4H3. The number of nitrogens with one attached hydrogen (secondary N) is 1. The van der Waals surface area contributed by atoms with E-state index in [1.54, 1.807) is 0 Å². The van der Waals surface area contributed by atoms with E-state index in [4.69, 9.17) is 9.47 Å². The van der Waals surface area contributed by atoms with Crippen LogP contribution < -0.4 is 10.1 Å². The van der Waals surface area contributed by atoms with Crippen LogP contribution in [-0.2, 0) is 4.74 Å². The third-order valence-corrected chi connectivity index (χ3v) is 3.70. The second kappa shape index (κ2) is 7.09. The molecule has 0 saturated heterocycles. The van der Waals surface area contributed by atoms with E-state index in [1.807, 2.05) is 13.1 Å². The zero-order valence-electron chi connectivity index (χ0n) is 13.1. The van der Waals surface area contributed by atoms with Gasteiger partial charge in [0.25, 0.3) is 0 Å². The summed E-state index contributed by atoms with van der Waals surface area (Å²) in [5, 5.41) is 3.40. The first kappa shape index (κ1) is 15.3. The molecule has 1 N–H and O–H groups in total. The Morgan fingerprint density at radius 2 is 2.05 bits per heavy atom. The summed E-state index contributed by atoms with van der Waals surface area (Å²) in [5.41, 5.74) is 1.23. The number of hydrogen-bond acceptors (Lipinski definition) is 3. The van der Waals surface area contributed by atoms with Gasteiger partial charge < -0.3 is 14.8 Å². The van der Waals surface area contributed by atoms with E-state index in [9.17, 15) is 0 Å². The summed E-state index contributed by atoms with van der Waals surface area (Å²) < 4.78 is 11.8. The van der Waals surface area contributed by atoms with Crippen LogP contribution in [0, 0.1) is 5.92 Å². The molecule has 2 unspecified atom stereocenters. The minimum absolute atomic E-state index is 0.168. The maximum absolute atomic E-state index is 5.94. The largest absolute Gasteiger partial charge is 0.490 e. The summed E-state index contributed by atoms with van der Waals surface area (Å²) in [7, 11) is 1.99. The molecular weight excluding hydrogens is 250 g/mol. The van der Waals surface area contributed by atoms with Crippen molar-refractivity contribution in [3.63, 3.8) is 0 Å². The summed E-state index contributed by atoms with van der Waals surface area (Å²) in [6.45, 7) is 7.19. The number of rotatable bonds is 8. The number of likely N-dealkylation sites (N-methyl/N-ethyl adjacent to an activating group) is 1. The normalized spacial score (nSPS) is 18.1. The highest BCUT2D eigenvalue weighted by Crippen LogP contribution is 2.30. The van der Waals surface area contributed by atoms with Gasteiger partial charge in [0.05, 0.1) is 18.2 Å². The van der Waals surface area contributed by atoms with Crippen LogP contribution >= 0.6 is 0 Å². The van der Waals surface area contributed by atoms with Crippen molar-refractivity contribution < 1.29 is 9.47 Å². The highest BCUT2D eigenvalue weighted by Gasteiger charge is 2.27. The Labute approximate surface area is 122 Å². The fraction of sp³-hybridized carbons (Fsp3) is 0.647. The van der Waals surface area contributed by atoms with Gasteiger partial charge in [-0.25, -0.2) is 0 Å². The monoisotopic (exact) mass is 277 g/mol. The Morgan fingerprint density at radius 3 is 2.60 bits per heavy atom. The van der Waals surface area contributed by atoms with Crippen LogP contribution in [0.5, 0.6) is 5.75 Å². The Bertz CT molecular complexity index is 415. The first-order chi connectivity index (χ1) is 9.65. The van der Waals surface area contributed by atoms with Crippen molar-refractivity contribution in [2.24, 2.45) is 5.92 Å². The summed E-state index contributed by atoms with van der Waals surface area (Å²) in [5.74, 6) is 1.43.